The van der Waals surface area contributed by atoms with Crippen molar-refractivity contribution < 1.29 is 14.3 Å². The lowest BCUT2D eigenvalue weighted by Gasteiger charge is -2.32. The molecule has 1 aliphatic heterocycles. The number of ether oxygens (including phenoxy) is 2. The quantitative estimate of drug-likeness (QED) is 0.548. The third-order valence-electron chi connectivity index (χ3n) is 3.99. The molecule has 0 amide bonds. The van der Waals surface area contributed by atoms with Gasteiger partial charge in [0.1, 0.15) is 5.60 Å². The molecule has 3 heteroatoms. The highest BCUT2D eigenvalue weighted by Crippen LogP contribution is 2.54. The van der Waals surface area contributed by atoms with Crippen molar-refractivity contribution in [2.45, 2.75) is 58.2 Å². The van der Waals surface area contributed by atoms with Crippen molar-refractivity contribution in [3.8, 4) is 0 Å². The summed E-state index contributed by atoms with van der Waals surface area (Å²) in [5.74, 6) is 0.949. The second-order valence-corrected chi connectivity index (χ2v) is 5.30. The fourth-order valence-electron chi connectivity index (χ4n) is 3.22. The summed E-state index contributed by atoms with van der Waals surface area (Å²) in [7, 11) is 0. The molecule has 2 fully saturated rings. The molecule has 0 aromatic rings. The van der Waals surface area contributed by atoms with Crippen molar-refractivity contribution >= 4 is 5.97 Å². The molecule has 0 aromatic heterocycles. The molecule has 2 aliphatic rings. The van der Waals surface area contributed by atoms with Gasteiger partial charge in [0.25, 0.3) is 0 Å². The first-order valence-corrected chi connectivity index (χ1v) is 6.46. The summed E-state index contributed by atoms with van der Waals surface area (Å²) in [6.45, 7) is 6.73. The van der Waals surface area contributed by atoms with Gasteiger partial charge in [0.2, 0.25) is 0 Å². The summed E-state index contributed by atoms with van der Waals surface area (Å²) in [5, 5.41) is 0. The van der Waals surface area contributed by atoms with Gasteiger partial charge in [-0.3, -0.25) is 0 Å². The Morgan fingerprint density at radius 2 is 2.25 bits per heavy atom. The first-order chi connectivity index (χ1) is 7.62. The van der Waals surface area contributed by atoms with Gasteiger partial charge in [-0.2, -0.15) is 0 Å². The zero-order valence-corrected chi connectivity index (χ0v) is 10.5. The van der Waals surface area contributed by atoms with Gasteiger partial charge in [0.15, 0.2) is 6.10 Å². The van der Waals surface area contributed by atoms with Crippen molar-refractivity contribution in [1.29, 1.82) is 0 Å². The van der Waals surface area contributed by atoms with Crippen molar-refractivity contribution in [2.75, 3.05) is 6.61 Å². The molecule has 1 heterocycles. The first-order valence-electron chi connectivity index (χ1n) is 6.46. The predicted octanol–water partition coefficient (Wildman–Crippen LogP) is 2.53. The van der Waals surface area contributed by atoms with E-state index >= 15 is 0 Å². The van der Waals surface area contributed by atoms with Gasteiger partial charge in [-0.05, 0) is 31.6 Å². The summed E-state index contributed by atoms with van der Waals surface area (Å²) in [6, 6.07) is 0. The smallest absolute Gasteiger partial charge is 0.338 e. The van der Waals surface area contributed by atoms with E-state index in [1.165, 1.54) is 19.3 Å². The second-order valence-electron chi connectivity index (χ2n) is 5.30. The molecule has 16 heavy (non-hydrogen) atoms. The van der Waals surface area contributed by atoms with Gasteiger partial charge in [-0.25, -0.2) is 4.79 Å². The number of hydrogen-bond donors (Lipinski definition) is 0. The zero-order valence-electron chi connectivity index (χ0n) is 10.5. The van der Waals surface area contributed by atoms with Gasteiger partial charge < -0.3 is 9.47 Å². The Morgan fingerprint density at radius 3 is 2.88 bits per heavy atom. The molecule has 0 aromatic carbocycles. The van der Waals surface area contributed by atoms with Crippen LogP contribution in [-0.4, -0.2) is 24.3 Å². The van der Waals surface area contributed by atoms with Crippen molar-refractivity contribution in [2.24, 2.45) is 11.8 Å². The highest BCUT2D eigenvalue weighted by Gasteiger charge is 2.66. The molecular weight excluding hydrogens is 204 g/mol. The summed E-state index contributed by atoms with van der Waals surface area (Å²) in [5.41, 5.74) is -0.168. The summed E-state index contributed by atoms with van der Waals surface area (Å²) < 4.78 is 10.8. The predicted molar refractivity (Wildman–Crippen MR) is 61.0 cm³/mol. The average Bonchev–Trinajstić information content (AvgIpc) is 2.94. The van der Waals surface area contributed by atoms with Crippen molar-refractivity contribution in [1.82, 2.24) is 0 Å². The Kier molecular flexibility index (Phi) is 3.24. The fourth-order valence-corrected chi connectivity index (χ4v) is 3.22. The number of esters is 1. The Labute approximate surface area is 97.5 Å². The zero-order chi connectivity index (χ0) is 11.8. The van der Waals surface area contributed by atoms with Crippen LogP contribution in [0.5, 0.6) is 0 Å². The minimum atomic E-state index is -0.278. The van der Waals surface area contributed by atoms with E-state index in [1.807, 2.05) is 6.92 Å². The summed E-state index contributed by atoms with van der Waals surface area (Å²) in [6.07, 6.45) is 4.38. The van der Waals surface area contributed by atoms with E-state index < -0.39 is 0 Å². The standard InChI is InChI=1S/C13H22O3/c1-4-15-12(14)11-13(16-11)8-6-5-7-10(13)9(2)3/h9-11H,4-8H2,1-3H3. The maximum Gasteiger partial charge on any atom is 0.338 e. The van der Waals surface area contributed by atoms with E-state index in [4.69, 9.17) is 9.47 Å². The Hall–Kier alpha value is -0.570. The Balaban J connectivity index is 2.04. The van der Waals surface area contributed by atoms with Gasteiger partial charge in [-0.1, -0.05) is 26.7 Å². The van der Waals surface area contributed by atoms with Gasteiger partial charge in [-0.15, -0.1) is 0 Å². The van der Waals surface area contributed by atoms with Crippen LogP contribution >= 0.6 is 0 Å². The molecule has 0 radical (unpaired) electrons. The van der Waals surface area contributed by atoms with Crippen LogP contribution in [0, 0.1) is 11.8 Å². The summed E-state index contributed by atoms with van der Waals surface area (Å²) in [4.78, 5) is 11.7. The van der Waals surface area contributed by atoms with Crippen LogP contribution in [0.4, 0.5) is 0 Å². The van der Waals surface area contributed by atoms with E-state index in [-0.39, 0.29) is 17.7 Å². The van der Waals surface area contributed by atoms with Crippen LogP contribution in [0.25, 0.3) is 0 Å². The van der Waals surface area contributed by atoms with Crippen LogP contribution in [0.3, 0.4) is 0 Å². The molecule has 0 bridgehead atoms. The molecule has 0 N–H and O–H groups in total. The van der Waals surface area contributed by atoms with Crippen molar-refractivity contribution in [3.05, 3.63) is 0 Å². The second kappa shape index (κ2) is 4.36. The van der Waals surface area contributed by atoms with Gasteiger partial charge in [0, 0.05) is 0 Å². The van der Waals surface area contributed by atoms with E-state index in [9.17, 15) is 4.79 Å². The van der Waals surface area contributed by atoms with Crippen LogP contribution in [-0.2, 0) is 14.3 Å². The van der Waals surface area contributed by atoms with Gasteiger partial charge in [0.05, 0.1) is 6.61 Å². The molecule has 1 saturated heterocycles. The molecule has 1 saturated carbocycles. The molecule has 1 spiro atoms. The van der Waals surface area contributed by atoms with Crippen LogP contribution in [0.1, 0.15) is 46.5 Å². The maximum absolute atomic E-state index is 11.7. The summed E-state index contributed by atoms with van der Waals surface area (Å²) >= 11 is 0. The molecule has 92 valence electrons. The average molecular weight is 226 g/mol. The van der Waals surface area contributed by atoms with Crippen LogP contribution in [0.2, 0.25) is 0 Å². The SMILES string of the molecule is CCOC(=O)C1OC12CCCCC2C(C)C. The normalized spacial score (nSPS) is 37.8. The molecule has 1 aliphatic carbocycles. The van der Waals surface area contributed by atoms with E-state index in [1.54, 1.807) is 0 Å². The number of hydrogen-bond acceptors (Lipinski definition) is 3. The lowest BCUT2D eigenvalue weighted by atomic mass is 9.71. The van der Waals surface area contributed by atoms with Crippen molar-refractivity contribution in [3.63, 3.8) is 0 Å². The first kappa shape index (κ1) is 11.9. The third-order valence-corrected chi connectivity index (χ3v) is 3.99. The Bertz CT molecular complexity index is 274. The highest BCUT2D eigenvalue weighted by molar-refractivity contribution is 5.79. The van der Waals surface area contributed by atoms with Crippen LogP contribution in [0.15, 0.2) is 0 Å². The van der Waals surface area contributed by atoms with Crippen LogP contribution < -0.4 is 0 Å². The molecule has 3 unspecified atom stereocenters. The number of carbonyl (C=O) groups is 1. The highest BCUT2D eigenvalue weighted by atomic mass is 16.7. The largest absolute Gasteiger partial charge is 0.464 e. The lowest BCUT2D eigenvalue weighted by Crippen LogP contribution is -2.36. The minimum Gasteiger partial charge on any atom is -0.464 e. The number of epoxide rings is 1. The monoisotopic (exact) mass is 226 g/mol. The van der Waals surface area contributed by atoms with E-state index in [0.29, 0.717) is 18.4 Å². The van der Waals surface area contributed by atoms with E-state index in [2.05, 4.69) is 13.8 Å². The Morgan fingerprint density at radius 1 is 1.50 bits per heavy atom. The van der Waals surface area contributed by atoms with E-state index in [0.717, 1.165) is 6.42 Å². The van der Waals surface area contributed by atoms with Gasteiger partial charge >= 0.3 is 5.97 Å². The lowest BCUT2D eigenvalue weighted by molar-refractivity contribution is -0.144. The fraction of sp³-hybridized carbons (Fsp3) is 0.923. The topological polar surface area (TPSA) is 38.8 Å². The molecule has 2 rings (SSSR count). The number of carbonyl (C=O) groups excluding carboxylic acids is 1. The molecule has 3 nitrogen and oxygen atoms in total. The maximum atomic E-state index is 11.7. The third kappa shape index (κ3) is 1.86. The number of rotatable bonds is 3. The molecular formula is C13H22O3. The molecule has 3 atom stereocenters. The minimum absolute atomic E-state index is 0.157.